The number of rotatable bonds is 5. The molecular weight excluding hydrogens is 301 g/mol. The summed E-state index contributed by atoms with van der Waals surface area (Å²) in [6, 6.07) is 0. The highest BCUT2D eigenvalue weighted by molar-refractivity contribution is 7.93. The number of carbonyl (C=O) groups excluding carboxylic acids is 1. The zero-order valence-electron chi connectivity index (χ0n) is 11.9. The molecule has 0 saturated heterocycles. The van der Waals surface area contributed by atoms with Crippen LogP contribution in [0, 0.1) is 5.82 Å². The van der Waals surface area contributed by atoms with Gasteiger partial charge in [0.25, 0.3) is 0 Å². The summed E-state index contributed by atoms with van der Waals surface area (Å²) in [4.78, 5) is 19.1. The third kappa shape index (κ3) is 3.12. The molecule has 7 nitrogen and oxygen atoms in total. The molecule has 0 atom stereocenters. The van der Waals surface area contributed by atoms with Crippen LogP contribution in [0.5, 0.6) is 0 Å². The molecule has 0 aliphatic heterocycles. The van der Waals surface area contributed by atoms with Gasteiger partial charge in [0, 0.05) is 0 Å². The van der Waals surface area contributed by atoms with Crippen LogP contribution in [0.3, 0.4) is 0 Å². The molecule has 1 aliphatic carbocycles. The van der Waals surface area contributed by atoms with Gasteiger partial charge in [-0.05, 0) is 26.7 Å². The molecule has 1 N–H and O–H groups in total. The van der Waals surface area contributed by atoms with E-state index in [0.717, 1.165) is 6.20 Å². The Morgan fingerprint density at radius 1 is 1.48 bits per heavy atom. The molecule has 1 aromatic rings. The van der Waals surface area contributed by atoms with E-state index in [2.05, 4.69) is 19.4 Å². The summed E-state index contributed by atoms with van der Waals surface area (Å²) in [6.07, 6.45) is 1.99. The Hall–Kier alpha value is -1.77. The summed E-state index contributed by atoms with van der Waals surface area (Å²) in [6.45, 7) is 2.87. The van der Waals surface area contributed by atoms with Gasteiger partial charge < -0.3 is 4.74 Å². The van der Waals surface area contributed by atoms with Crippen LogP contribution in [0.1, 0.15) is 32.4 Å². The smallest absolute Gasteiger partial charge is 0.317 e. The fourth-order valence-corrected chi connectivity index (χ4v) is 3.07. The lowest BCUT2D eigenvalue weighted by Gasteiger charge is -2.21. The van der Waals surface area contributed by atoms with Crippen molar-refractivity contribution in [1.82, 2.24) is 9.97 Å². The first-order valence-corrected chi connectivity index (χ1v) is 7.86. The number of nitrogens with one attached hydrogen (secondary N) is 1. The van der Waals surface area contributed by atoms with Gasteiger partial charge in [0.1, 0.15) is 5.41 Å². The first-order chi connectivity index (χ1) is 9.68. The molecule has 0 radical (unpaired) electrons. The van der Waals surface area contributed by atoms with E-state index in [0.29, 0.717) is 12.8 Å². The molecular formula is C12H16FN3O4S. The lowest BCUT2D eigenvalue weighted by molar-refractivity contribution is -0.146. The van der Waals surface area contributed by atoms with Crippen molar-refractivity contribution in [2.45, 2.75) is 37.4 Å². The summed E-state index contributed by atoms with van der Waals surface area (Å²) in [5, 5.41) is -0.455. The van der Waals surface area contributed by atoms with E-state index in [-0.39, 0.29) is 11.6 Å². The highest BCUT2D eigenvalue weighted by atomic mass is 32.2. The van der Waals surface area contributed by atoms with Gasteiger partial charge in [-0.2, -0.15) is 0 Å². The minimum absolute atomic E-state index is 0.224. The van der Waals surface area contributed by atoms with Gasteiger partial charge in [-0.1, -0.05) is 0 Å². The average molecular weight is 317 g/mol. The number of aromatic nitrogens is 2. The number of hydrogen-bond acceptors (Lipinski definition) is 6. The Morgan fingerprint density at radius 2 is 2.10 bits per heavy atom. The van der Waals surface area contributed by atoms with Crippen LogP contribution in [-0.4, -0.2) is 36.7 Å². The van der Waals surface area contributed by atoms with Crippen molar-refractivity contribution in [1.29, 1.82) is 0 Å². The van der Waals surface area contributed by atoms with Gasteiger partial charge in [0.2, 0.25) is 16.0 Å². The van der Waals surface area contributed by atoms with E-state index in [1.807, 2.05) is 0 Å². The van der Waals surface area contributed by atoms with Crippen LogP contribution < -0.4 is 4.72 Å². The van der Waals surface area contributed by atoms with Gasteiger partial charge >= 0.3 is 5.97 Å². The number of anilines is 1. The molecule has 0 amide bonds. The number of methoxy groups -OCH3 is 1. The van der Waals surface area contributed by atoms with Gasteiger partial charge in [-0.15, -0.1) is 0 Å². The second-order valence-corrected chi connectivity index (χ2v) is 7.31. The molecule has 0 spiro atoms. The van der Waals surface area contributed by atoms with Gasteiger partial charge in [0.15, 0.2) is 5.82 Å². The Labute approximate surface area is 122 Å². The van der Waals surface area contributed by atoms with Gasteiger partial charge in [-0.3, -0.25) is 9.52 Å². The van der Waals surface area contributed by atoms with Crippen molar-refractivity contribution in [3.63, 3.8) is 0 Å². The number of carbonyl (C=O) groups is 1. The monoisotopic (exact) mass is 317 g/mol. The Kier molecular flexibility index (Phi) is 3.87. The highest BCUT2D eigenvalue weighted by Crippen LogP contribution is 2.30. The van der Waals surface area contributed by atoms with E-state index < -0.39 is 32.5 Å². The van der Waals surface area contributed by atoms with Gasteiger partial charge in [0.05, 0.1) is 24.3 Å². The molecule has 1 aliphatic rings. The minimum Gasteiger partial charge on any atom is -0.468 e. The van der Waals surface area contributed by atoms with Crippen molar-refractivity contribution in [3.8, 4) is 0 Å². The molecule has 21 heavy (non-hydrogen) atoms. The number of ether oxygens (including phenoxy) is 1. The van der Waals surface area contributed by atoms with Crippen molar-refractivity contribution < 1.29 is 22.3 Å². The fraction of sp³-hybridized carbons (Fsp3) is 0.583. The van der Waals surface area contributed by atoms with Crippen molar-refractivity contribution in [2.75, 3.05) is 11.8 Å². The molecule has 0 bridgehead atoms. The first kappa shape index (κ1) is 15.6. The second kappa shape index (κ2) is 5.21. The van der Waals surface area contributed by atoms with Crippen molar-refractivity contribution >= 4 is 21.9 Å². The molecule has 1 aromatic heterocycles. The maximum Gasteiger partial charge on any atom is 0.317 e. The van der Waals surface area contributed by atoms with Crippen LogP contribution >= 0.6 is 0 Å². The summed E-state index contributed by atoms with van der Waals surface area (Å²) in [5.41, 5.74) is -1.58. The lowest BCUT2D eigenvalue weighted by Crippen LogP contribution is -2.33. The predicted octanol–water partition coefficient (Wildman–Crippen LogP) is 0.970. The summed E-state index contributed by atoms with van der Waals surface area (Å²) in [7, 11) is -2.37. The largest absolute Gasteiger partial charge is 0.468 e. The zero-order valence-corrected chi connectivity index (χ0v) is 12.7. The average Bonchev–Trinajstić information content (AvgIpc) is 3.24. The highest BCUT2D eigenvalue weighted by Gasteiger charge is 2.38. The van der Waals surface area contributed by atoms with Crippen LogP contribution in [0.15, 0.2) is 6.20 Å². The number of sulfonamides is 1. The van der Waals surface area contributed by atoms with Crippen molar-refractivity contribution in [3.05, 3.63) is 17.7 Å². The first-order valence-electron chi connectivity index (χ1n) is 6.31. The van der Waals surface area contributed by atoms with E-state index in [9.17, 15) is 17.6 Å². The standard InChI is InChI=1S/C12H16FN3O4S/c1-12(2,10(17)20-3)9-8(13)6-14-11(15-9)16-21(18,19)7-4-5-7/h6-7H,4-5H2,1-3H3,(H,14,15,16). The Balaban J connectivity index is 2.35. The topological polar surface area (TPSA) is 98.2 Å². The number of esters is 1. The zero-order chi connectivity index (χ0) is 15.8. The molecule has 1 fully saturated rings. The third-order valence-corrected chi connectivity index (χ3v) is 5.04. The molecule has 0 unspecified atom stereocenters. The molecule has 0 aromatic carbocycles. The lowest BCUT2D eigenvalue weighted by atomic mass is 9.89. The number of halogens is 1. The summed E-state index contributed by atoms with van der Waals surface area (Å²) in [5.74, 6) is -1.74. The minimum atomic E-state index is -3.55. The van der Waals surface area contributed by atoms with Gasteiger partial charge in [-0.25, -0.2) is 22.8 Å². The normalized spacial score (nSPS) is 15.6. The molecule has 9 heteroatoms. The van der Waals surface area contributed by atoms with Crippen LogP contribution in [0.2, 0.25) is 0 Å². The van der Waals surface area contributed by atoms with Crippen LogP contribution in [-0.2, 0) is 25.0 Å². The quantitative estimate of drug-likeness (QED) is 0.813. The molecule has 116 valence electrons. The summed E-state index contributed by atoms with van der Waals surface area (Å²) >= 11 is 0. The van der Waals surface area contributed by atoms with Crippen LogP contribution in [0.25, 0.3) is 0 Å². The summed E-state index contributed by atoms with van der Waals surface area (Å²) < 4.78 is 44.3. The van der Waals surface area contributed by atoms with E-state index in [1.165, 1.54) is 21.0 Å². The van der Waals surface area contributed by atoms with E-state index >= 15 is 0 Å². The maximum atomic E-state index is 13.9. The molecule has 2 rings (SSSR count). The molecule has 1 heterocycles. The second-order valence-electron chi connectivity index (χ2n) is 5.35. The number of hydrogen-bond donors (Lipinski definition) is 1. The van der Waals surface area contributed by atoms with Crippen molar-refractivity contribution in [2.24, 2.45) is 0 Å². The fourth-order valence-electron chi connectivity index (χ4n) is 1.80. The van der Waals surface area contributed by atoms with E-state index in [4.69, 9.17) is 0 Å². The maximum absolute atomic E-state index is 13.9. The third-order valence-electron chi connectivity index (χ3n) is 3.23. The van der Waals surface area contributed by atoms with E-state index in [1.54, 1.807) is 0 Å². The van der Waals surface area contributed by atoms with Crippen LogP contribution in [0.4, 0.5) is 10.3 Å². The molecule has 1 saturated carbocycles. The number of nitrogens with zero attached hydrogens (tertiary/aromatic N) is 2. The predicted molar refractivity (Wildman–Crippen MR) is 72.6 cm³/mol. The Morgan fingerprint density at radius 3 is 2.62 bits per heavy atom. The Bertz CT molecular complexity index is 671. The SMILES string of the molecule is COC(=O)C(C)(C)c1nc(NS(=O)(=O)C2CC2)ncc1F.